The first-order chi connectivity index (χ1) is 18.6. The van der Waals surface area contributed by atoms with E-state index in [9.17, 15) is 4.79 Å². The maximum absolute atomic E-state index is 12.8. The second kappa shape index (κ2) is 14.1. The Hall–Kier alpha value is -3.17. The summed E-state index contributed by atoms with van der Waals surface area (Å²) >= 11 is 8.05. The van der Waals surface area contributed by atoms with Crippen LogP contribution in [0.4, 0.5) is 11.4 Å². The maximum atomic E-state index is 12.8. The van der Waals surface area contributed by atoms with Crippen LogP contribution < -0.4 is 9.62 Å². The molecule has 0 aliphatic carbocycles. The van der Waals surface area contributed by atoms with E-state index in [-0.39, 0.29) is 5.91 Å². The Morgan fingerprint density at radius 2 is 1.89 bits per heavy atom. The van der Waals surface area contributed by atoms with Gasteiger partial charge in [0.25, 0.3) is 5.91 Å². The Labute approximate surface area is 232 Å². The Morgan fingerprint density at radius 1 is 1.11 bits per heavy atom. The number of amides is 1. The first-order valence-corrected chi connectivity index (χ1v) is 13.9. The standard InChI is InChI=1S/C24H19ClN4O2S.C5H12O/c25-20-10-7-17(13-19(20)23-14-26-21-3-1-2-4-22(21)28-23)27-24(30)16-5-8-18(9-6-16)29-11-12-31-15-32-29;1-3-5-6-4-2/h1-10,13-14H,11-12,15H2,(H,27,30);3-5H2,1-2H3. The van der Waals surface area contributed by atoms with Crippen molar-refractivity contribution in [2.45, 2.75) is 20.3 Å². The molecule has 0 unspecified atom stereocenters. The fourth-order valence-corrected chi connectivity index (χ4v) is 4.74. The predicted molar refractivity (Wildman–Crippen MR) is 157 cm³/mol. The number of fused-ring (bicyclic) bond motifs is 1. The fourth-order valence-electron chi connectivity index (χ4n) is 3.73. The molecule has 0 bridgehead atoms. The van der Waals surface area contributed by atoms with Crippen molar-refractivity contribution in [1.82, 2.24) is 9.97 Å². The van der Waals surface area contributed by atoms with E-state index < -0.39 is 0 Å². The number of halogens is 1. The van der Waals surface area contributed by atoms with Gasteiger partial charge in [0.1, 0.15) is 5.94 Å². The van der Waals surface area contributed by atoms with Crippen LogP contribution in [0.25, 0.3) is 22.3 Å². The van der Waals surface area contributed by atoms with Gasteiger partial charge in [0, 0.05) is 35.7 Å². The lowest BCUT2D eigenvalue weighted by atomic mass is 10.1. The highest BCUT2D eigenvalue weighted by Crippen LogP contribution is 2.30. The van der Waals surface area contributed by atoms with E-state index in [0.29, 0.717) is 40.1 Å². The smallest absolute Gasteiger partial charge is 0.255 e. The normalized spacial score (nSPS) is 13.1. The van der Waals surface area contributed by atoms with Crippen LogP contribution >= 0.6 is 23.5 Å². The number of hydrogen-bond donors (Lipinski definition) is 1. The van der Waals surface area contributed by atoms with E-state index in [1.165, 1.54) is 0 Å². The third kappa shape index (κ3) is 7.45. The molecule has 1 aromatic heterocycles. The Morgan fingerprint density at radius 3 is 2.58 bits per heavy atom. The quantitative estimate of drug-likeness (QED) is 0.195. The molecule has 9 heteroatoms. The van der Waals surface area contributed by atoms with E-state index in [4.69, 9.17) is 21.1 Å². The molecule has 5 rings (SSSR count). The van der Waals surface area contributed by atoms with Crippen LogP contribution in [0.2, 0.25) is 5.02 Å². The van der Waals surface area contributed by atoms with Crippen LogP contribution in [0.15, 0.2) is 72.9 Å². The summed E-state index contributed by atoms with van der Waals surface area (Å²) < 4.78 is 12.5. The van der Waals surface area contributed by atoms with Gasteiger partial charge in [-0.05, 0) is 79.9 Å². The van der Waals surface area contributed by atoms with Crippen LogP contribution in [0.1, 0.15) is 30.6 Å². The van der Waals surface area contributed by atoms with Gasteiger partial charge in [-0.15, -0.1) is 0 Å². The average molecular weight is 551 g/mol. The van der Waals surface area contributed by atoms with Crippen LogP contribution in [-0.4, -0.2) is 48.2 Å². The van der Waals surface area contributed by atoms with Crippen LogP contribution in [-0.2, 0) is 9.47 Å². The fraction of sp³-hybridized carbons (Fsp3) is 0.276. The second-order valence-electron chi connectivity index (χ2n) is 8.39. The van der Waals surface area contributed by atoms with Crippen LogP contribution in [0.5, 0.6) is 0 Å². The van der Waals surface area contributed by atoms with Gasteiger partial charge in [0.2, 0.25) is 0 Å². The van der Waals surface area contributed by atoms with Crippen LogP contribution in [0.3, 0.4) is 0 Å². The summed E-state index contributed by atoms with van der Waals surface area (Å²) in [5.41, 5.74) is 5.23. The van der Waals surface area contributed by atoms with Gasteiger partial charge in [-0.25, -0.2) is 4.98 Å². The lowest BCUT2D eigenvalue weighted by Crippen LogP contribution is -2.26. The number of nitrogens with zero attached hydrogens (tertiary/aromatic N) is 3. The van der Waals surface area contributed by atoms with E-state index in [2.05, 4.69) is 26.5 Å². The minimum Gasteiger partial charge on any atom is -0.382 e. The van der Waals surface area contributed by atoms with Gasteiger partial charge in [0.15, 0.2) is 0 Å². The van der Waals surface area contributed by atoms with Crippen molar-refractivity contribution in [2.24, 2.45) is 0 Å². The summed E-state index contributed by atoms with van der Waals surface area (Å²) in [7, 11) is 0. The molecule has 38 heavy (non-hydrogen) atoms. The predicted octanol–water partition coefficient (Wildman–Crippen LogP) is 7.08. The summed E-state index contributed by atoms with van der Waals surface area (Å²) in [6.07, 6.45) is 2.82. The summed E-state index contributed by atoms with van der Waals surface area (Å²) in [4.78, 5) is 21.9. The number of ether oxygens (including phenoxy) is 2. The highest BCUT2D eigenvalue weighted by Gasteiger charge is 2.14. The molecular formula is C29H31ClN4O3S. The highest BCUT2D eigenvalue weighted by molar-refractivity contribution is 8.00. The van der Waals surface area contributed by atoms with Crippen LogP contribution in [0, 0.1) is 0 Å². The van der Waals surface area contributed by atoms with Crippen molar-refractivity contribution in [1.29, 1.82) is 0 Å². The zero-order chi connectivity index (χ0) is 26.7. The van der Waals surface area contributed by atoms with E-state index in [0.717, 1.165) is 42.9 Å². The summed E-state index contributed by atoms with van der Waals surface area (Å²) in [5, 5.41) is 3.49. The summed E-state index contributed by atoms with van der Waals surface area (Å²) in [6, 6.07) is 20.6. The van der Waals surface area contributed by atoms with Crippen molar-refractivity contribution in [3.63, 3.8) is 0 Å². The van der Waals surface area contributed by atoms with Crippen molar-refractivity contribution < 1.29 is 14.3 Å². The number of rotatable bonds is 7. The van der Waals surface area contributed by atoms with Crippen molar-refractivity contribution in [2.75, 3.05) is 41.9 Å². The van der Waals surface area contributed by atoms with Gasteiger partial charge in [-0.3, -0.25) is 9.78 Å². The zero-order valence-electron chi connectivity index (χ0n) is 21.5. The molecule has 1 aliphatic rings. The molecule has 0 radical (unpaired) electrons. The lowest BCUT2D eigenvalue weighted by molar-refractivity contribution is 0.102. The van der Waals surface area contributed by atoms with Gasteiger partial charge < -0.3 is 19.1 Å². The highest BCUT2D eigenvalue weighted by atomic mass is 35.5. The first kappa shape index (κ1) is 27.9. The minimum absolute atomic E-state index is 0.191. The number of nitrogens with one attached hydrogen (secondary N) is 1. The number of hydrogen-bond acceptors (Lipinski definition) is 7. The summed E-state index contributed by atoms with van der Waals surface area (Å²) in [5.74, 6) is 0.451. The molecule has 4 aromatic rings. The third-order valence-electron chi connectivity index (χ3n) is 5.65. The van der Waals surface area contributed by atoms with Gasteiger partial charge >= 0.3 is 0 Å². The molecule has 198 valence electrons. The number of aromatic nitrogens is 2. The number of anilines is 2. The Kier molecular flexibility index (Phi) is 10.3. The number of para-hydroxylation sites is 2. The largest absolute Gasteiger partial charge is 0.382 e. The van der Waals surface area contributed by atoms with Gasteiger partial charge in [-0.1, -0.05) is 30.7 Å². The number of carbonyl (C=O) groups excluding carboxylic acids is 1. The topological polar surface area (TPSA) is 76.6 Å². The second-order valence-corrected chi connectivity index (χ2v) is 9.74. The molecule has 1 aliphatic heterocycles. The Bertz CT molecular complexity index is 1340. The number of carbonyl (C=O) groups is 1. The summed E-state index contributed by atoms with van der Waals surface area (Å²) in [6.45, 7) is 7.41. The molecule has 0 spiro atoms. The van der Waals surface area contributed by atoms with Gasteiger partial charge in [0.05, 0.1) is 41.1 Å². The maximum Gasteiger partial charge on any atom is 0.255 e. The molecule has 1 saturated heterocycles. The van der Waals surface area contributed by atoms with Crippen molar-refractivity contribution >= 4 is 51.9 Å². The molecule has 0 atom stereocenters. The molecule has 1 amide bonds. The molecular weight excluding hydrogens is 520 g/mol. The van der Waals surface area contributed by atoms with Crippen molar-refractivity contribution in [3.05, 3.63) is 83.5 Å². The van der Waals surface area contributed by atoms with E-state index in [1.54, 1.807) is 30.3 Å². The molecule has 0 saturated carbocycles. The molecule has 1 N–H and O–H groups in total. The number of benzene rings is 3. The minimum atomic E-state index is -0.191. The zero-order valence-corrected chi connectivity index (χ0v) is 23.1. The van der Waals surface area contributed by atoms with E-state index in [1.807, 2.05) is 61.5 Å². The molecule has 7 nitrogen and oxygen atoms in total. The third-order valence-corrected chi connectivity index (χ3v) is 6.96. The SMILES string of the molecule is CCCOCC.O=C(Nc1ccc(Cl)c(-c2cnc3ccccc3n2)c1)c1ccc(N2CCOCS2)cc1. The molecule has 1 fully saturated rings. The van der Waals surface area contributed by atoms with Gasteiger partial charge in [-0.2, -0.15) is 0 Å². The lowest BCUT2D eigenvalue weighted by Gasteiger charge is -2.27. The molecule has 2 heterocycles. The average Bonchev–Trinajstić information content (AvgIpc) is 2.97. The monoisotopic (exact) mass is 550 g/mol. The van der Waals surface area contributed by atoms with E-state index >= 15 is 0 Å². The van der Waals surface area contributed by atoms with Crippen molar-refractivity contribution in [3.8, 4) is 11.3 Å². The Balaban J connectivity index is 0.000000505. The molecule has 3 aromatic carbocycles. The first-order valence-electron chi connectivity index (χ1n) is 12.6.